The summed E-state index contributed by atoms with van der Waals surface area (Å²) >= 11 is 1.53. The summed E-state index contributed by atoms with van der Waals surface area (Å²) in [4.78, 5) is 22.6. The molecule has 6 heteroatoms. The molecule has 0 radical (unpaired) electrons. The Morgan fingerprint density at radius 2 is 1.90 bits per heavy atom. The van der Waals surface area contributed by atoms with Gasteiger partial charge in [-0.25, -0.2) is 4.79 Å². The van der Waals surface area contributed by atoms with E-state index < -0.39 is 5.97 Å². The van der Waals surface area contributed by atoms with E-state index in [1.165, 1.54) is 24.8 Å². The molecule has 1 aromatic heterocycles. The van der Waals surface area contributed by atoms with Crippen LogP contribution in [-0.2, 0) is 10.5 Å². The van der Waals surface area contributed by atoms with Crippen LogP contribution in [0.4, 0.5) is 5.69 Å². The highest BCUT2D eigenvalue weighted by Gasteiger charge is 2.09. The van der Waals surface area contributed by atoms with Crippen LogP contribution in [0.3, 0.4) is 0 Å². The zero-order valence-electron chi connectivity index (χ0n) is 10.8. The van der Waals surface area contributed by atoms with E-state index in [4.69, 9.17) is 9.52 Å². The van der Waals surface area contributed by atoms with Gasteiger partial charge < -0.3 is 14.8 Å². The minimum atomic E-state index is -1.07. The Labute approximate surface area is 120 Å². The van der Waals surface area contributed by atoms with Crippen molar-refractivity contribution < 1.29 is 19.1 Å². The third-order valence-corrected chi connectivity index (χ3v) is 3.46. The van der Waals surface area contributed by atoms with Crippen molar-refractivity contribution >= 4 is 29.3 Å². The Kier molecular flexibility index (Phi) is 4.47. The maximum atomic E-state index is 10.9. The summed E-state index contributed by atoms with van der Waals surface area (Å²) in [6.45, 7) is 1.46. The normalized spacial score (nSPS) is 10.2. The van der Waals surface area contributed by atoms with Crippen LogP contribution in [-0.4, -0.2) is 17.0 Å². The van der Waals surface area contributed by atoms with E-state index in [0.717, 1.165) is 10.6 Å². The lowest BCUT2D eigenvalue weighted by Gasteiger charge is -2.03. The number of carboxylic acid groups (broad SMARTS) is 1. The quantitative estimate of drug-likeness (QED) is 0.827. The Balaban J connectivity index is 1.93. The largest absolute Gasteiger partial charge is 0.475 e. The summed E-state index contributed by atoms with van der Waals surface area (Å²) in [5, 5.41) is 11.4. The fraction of sp³-hybridized carbons (Fsp3) is 0.143. The Morgan fingerprint density at radius 1 is 1.20 bits per heavy atom. The van der Waals surface area contributed by atoms with E-state index in [-0.39, 0.29) is 11.7 Å². The fourth-order valence-corrected chi connectivity index (χ4v) is 2.36. The summed E-state index contributed by atoms with van der Waals surface area (Å²) in [6.07, 6.45) is 0. The van der Waals surface area contributed by atoms with Crippen LogP contribution in [0.2, 0.25) is 0 Å². The molecule has 0 bridgehead atoms. The maximum Gasteiger partial charge on any atom is 0.371 e. The number of furan rings is 1. The van der Waals surface area contributed by atoms with Gasteiger partial charge in [0.05, 0.1) is 5.75 Å². The molecule has 0 unspecified atom stereocenters. The minimum absolute atomic E-state index is 0.0541. The Hall–Kier alpha value is -2.21. The molecule has 20 heavy (non-hydrogen) atoms. The molecule has 0 saturated carbocycles. The molecule has 104 valence electrons. The molecule has 5 nitrogen and oxygen atoms in total. The van der Waals surface area contributed by atoms with Crippen molar-refractivity contribution in [1.29, 1.82) is 0 Å². The van der Waals surface area contributed by atoms with Gasteiger partial charge in [-0.1, -0.05) is 0 Å². The molecule has 1 amide bonds. The second kappa shape index (κ2) is 6.29. The zero-order valence-corrected chi connectivity index (χ0v) is 11.6. The molecule has 2 N–H and O–H groups in total. The number of thioether (sulfide) groups is 1. The van der Waals surface area contributed by atoms with Gasteiger partial charge in [0.2, 0.25) is 11.7 Å². The van der Waals surface area contributed by atoms with Gasteiger partial charge in [-0.3, -0.25) is 4.79 Å². The highest BCUT2D eigenvalue weighted by molar-refractivity contribution is 7.98. The van der Waals surface area contributed by atoms with Crippen LogP contribution in [0.1, 0.15) is 23.2 Å². The SMILES string of the molecule is CC(=O)Nc1ccc(SCc2ccc(C(=O)O)o2)cc1. The summed E-state index contributed by atoms with van der Waals surface area (Å²) in [6, 6.07) is 10.5. The zero-order chi connectivity index (χ0) is 14.5. The summed E-state index contributed by atoms with van der Waals surface area (Å²) in [7, 11) is 0. The van der Waals surface area contributed by atoms with Crippen molar-refractivity contribution in [2.45, 2.75) is 17.6 Å². The minimum Gasteiger partial charge on any atom is -0.475 e. The third-order valence-electron chi connectivity index (χ3n) is 2.43. The van der Waals surface area contributed by atoms with Crippen molar-refractivity contribution in [3.05, 3.63) is 47.9 Å². The average molecular weight is 291 g/mol. The first-order valence-corrected chi connectivity index (χ1v) is 6.85. The fourth-order valence-electron chi connectivity index (χ4n) is 1.56. The predicted octanol–water partition coefficient (Wildman–Crippen LogP) is 3.23. The van der Waals surface area contributed by atoms with Gasteiger partial charge >= 0.3 is 5.97 Å². The van der Waals surface area contributed by atoms with Gasteiger partial charge in [0, 0.05) is 17.5 Å². The van der Waals surface area contributed by atoms with Gasteiger partial charge in [-0.15, -0.1) is 11.8 Å². The van der Waals surface area contributed by atoms with Crippen molar-refractivity contribution in [3.8, 4) is 0 Å². The number of carbonyl (C=O) groups is 2. The smallest absolute Gasteiger partial charge is 0.371 e. The van der Waals surface area contributed by atoms with E-state index in [2.05, 4.69) is 5.32 Å². The first-order valence-electron chi connectivity index (χ1n) is 5.87. The lowest BCUT2D eigenvalue weighted by Crippen LogP contribution is -2.05. The molecule has 0 saturated heterocycles. The molecule has 1 heterocycles. The van der Waals surface area contributed by atoms with Gasteiger partial charge in [0.25, 0.3) is 0 Å². The van der Waals surface area contributed by atoms with Crippen LogP contribution < -0.4 is 5.32 Å². The molecule has 2 rings (SSSR count). The second-order valence-corrected chi connectivity index (χ2v) is 5.11. The molecule has 0 spiro atoms. The van der Waals surface area contributed by atoms with Crippen LogP contribution in [0, 0.1) is 0 Å². The second-order valence-electron chi connectivity index (χ2n) is 4.07. The standard InChI is InChI=1S/C14H13NO4S/c1-9(16)15-10-2-5-12(6-3-10)20-8-11-4-7-13(19-11)14(17)18/h2-7H,8H2,1H3,(H,15,16)(H,17,18). The summed E-state index contributed by atoms with van der Waals surface area (Å²) in [5.74, 6) is -0.0738. The van der Waals surface area contributed by atoms with Crippen LogP contribution in [0.25, 0.3) is 0 Å². The van der Waals surface area contributed by atoms with E-state index in [9.17, 15) is 9.59 Å². The Morgan fingerprint density at radius 3 is 2.45 bits per heavy atom. The number of nitrogens with one attached hydrogen (secondary N) is 1. The molecular formula is C14H13NO4S. The number of carbonyl (C=O) groups excluding carboxylic acids is 1. The number of benzene rings is 1. The lowest BCUT2D eigenvalue weighted by molar-refractivity contribution is -0.114. The molecule has 0 aliphatic heterocycles. The number of amides is 1. The molecule has 2 aromatic rings. The van der Waals surface area contributed by atoms with E-state index in [1.807, 2.05) is 24.3 Å². The number of anilines is 1. The van der Waals surface area contributed by atoms with Crippen LogP contribution in [0.15, 0.2) is 45.7 Å². The number of carboxylic acids is 1. The number of hydrogen-bond donors (Lipinski definition) is 2. The van der Waals surface area contributed by atoms with Gasteiger partial charge in [0.1, 0.15) is 5.76 Å². The molecule has 1 aromatic carbocycles. The average Bonchev–Trinajstić information content (AvgIpc) is 2.86. The lowest BCUT2D eigenvalue weighted by atomic mass is 10.3. The predicted molar refractivity (Wildman–Crippen MR) is 76.0 cm³/mol. The number of hydrogen-bond acceptors (Lipinski definition) is 4. The van der Waals surface area contributed by atoms with Crippen LogP contribution in [0.5, 0.6) is 0 Å². The van der Waals surface area contributed by atoms with E-state index in [0.29, 0.717) is 11.5 Å². The first kappa shape index (κ1) is 14.2. The molecule has 0 aliphatic carbocycles. The summed E-state index contributed by atoms with van der Waals surface area (Å²) in [5.41, 5.74) is 0.744. The van der Waals surface area contributed by atoms with Crippen molar-refractivity contribution in [2.75, 3.05) is 5.32 Å². The van der Waals surface area contributed by atoms with E-state index in [1.54, 1.807) is 6.07 Å². The van der Waals surface area contributed by atoms with Gasteiger partial charge in [0.15, 0.2) is 0 Å². The van der Waals surface area contributed by atoms with Crippen molar-refractivity contribution in [3.63, 3.8) is 0 Å². The monoisotopic (exact) mass is 291 g/mol. The van der Waals surface area contributed by atoms with Crippen molar-refractivity contribution in [2.24, 2.45) is 0 Å². The topological polar surface area (TPSA) is 79.5 Å². The Bertz CT molecular complexity index is 618. The van der Waals surface area contributed by atoms with E-state index >= 15 is 0 Å². The third kappa shape index (κ3) is 3.89. The number of rotatable bonds is 5. The highest BCUT2D eigenvalue weighted by atomic mass is 32.2. The molecule has 0 atom stereocenters. The molecular weight excluding hydrogens is 278 g/mol. The van der Waals surface area contributed by atoms with Gasteiger partial charge in [-0.2, -0.15) is 0 Å². The van der Waals surface area contributed by atoms with Crippen molar-refractivity contribution in [1.82, 2.24) is 0 Å². The molecule has 0 fully saturated rings. The summed E-state index contributed by atoms with van der Waals surface area (Å²) < 4.78 is 5.17. The number of aromatic carboxylic acids is 1. The first-order chi connectivity index (χ1) is 9.54. The maximum absolute atomic E-state index is 10.9. The highest BCUT2D eigenvalue weighted by Crippen LogP contribution is 2.25. The van der Waals surface area contributed by atoms with Crippen LogP contribution >= 0.6 is 11.8 Å². The van der Waals surface area contributed by atoms with Gasteiger partial charge in [-0.05, 0) is 36.4 Å². The molecule has 0 aliphatic rings.